The number of hydrogen-bond donors (Lipinski definition) is 2. The molecule has 1 unspecified atom stereocenters. The minimum Gasteiger partial charge on any atom is -0.352 e. The van der Waals surface area contributed by atoms with Gasteiger partial charge in [-0.25, -0.2) is 4.79 Å². The number of rotatable bonds is 4. The molecule has 1 aliphatic heterocycles. The fraction of sp³-hybridized carbons (Fsp3) is 0.429. The molecule has 2 aromatic rings. The highest BCUT2D eigenvalue weighted by molar-refractivity contribution is 6.01. The van der Waals surface area contributed by atoms with Crippen LogP contribution in [-0.4, -0.2) is 60.0 Å². The van der Waals surface area contributed by atoms with E-state index < -0.39 is 0 Å². The second-order valence-corrected chi connectivity index (χ2v) is 7.44. The molecule has 3 amide bonds. The molecule has 2 fully saturated rings. The highest BCUT2D eigenvalue weighted by Gasteiger charge is 2.30. The average Bonchev–Trinajstić information content (AvgIpc) is 3.52. The molecule has 1 heterocycles. The van der Waals surface area contributed by atoms with Gasteiger partial charge in [-0.1, -0.05) is 36.4 Å². The molecule has 6 nitrogen and oxygen atoms in total. The molecule has 1 saturated carbocycles. The zero-order chi connectivity index (χ0) is 18.8. The molecule has 2 aromatic carbocycles. The highest BCUT2D eigenvalue weighted by Crippen LogP contribution is 2.23. The molecule has 0 radical (unpaired) electrons. The number of fused-ring (bicyclic) bond motifs is 1. The second kappa shape index (κ2) is 7.56. The summed E-state index contributed by atoms with van der Waals surface area (Å²) in [6, 6.07) is 14.1. The summed E-state index contributed by atoms with van der Waals surface area (Å²) in [6.07, 6.45) is 2.20. The van der Waals surface area contributed by atoms with Crippen LogP contribution in [0.1, 0.15) is 19.8 Å². The Kier molecular flexibility index (Phi) is 4.99. The normalized spacial score (nSPS) is 18.9. The van der Waals surface area contributed by atoms with E-state index in [-0.39, 0.29) is 18.0 Å². The number of nitrogens with zero attached hydrogens (tertiary/aromatic N) is 2. The lowest BCUT2D eigenvalue weighted by atomic mass is 10.1. The number of amides is 3. The van der Waals surface area contributed by atoms with Gasteiger partial charge < -0.3 is 15.5 Å². The van der Waals surface area contributed by atoms with E-state index in [1.54, 1.807) is 0 Å². The van der Waals surface area contributed by atoms with Gasteiger partial charge in [-0.15, -0.1) is 0 Å². The standard InChI is InChI=1S/C21H26N4O2/c1-15(20(26)22-17-9-10-17)24-11-13-25(14-12-24)21(27)23-19-8-4-6-16-5-2-3-7-18(16)19/h2-8,15,17H,9-14H2,1H3,(H,22,26)(H,23,27). The number of piperazine rings is 1. The van der Waals surface area contributed by atoms with Gasteiger partial charge in [0.05, 0.1) is 11.7 Å². The third kappa shape index (κ3) is 4.06. The van der Waals surface area contributed by atoms with E-state index in [9.17, 15) is 9.59 Å². The van der Waals surface area contributed by atoms with E-state index in [1.807, 2.05) is 54.3 Å². The molecule has 4 rings (SSSR count). The van der Waals surface area contributed by atoms with Gasteiger partial charge in [0.25, 0.3) is 0 Å². The van der Waals surface area contributed by atoms with E-state index in [1.165, 1.54) is 0 Å². The molecule has 0 bridgehead atoms. The molecule has 142 valence electrons. The SMILES string of the molecule is CC(C(=O)NC1CC1)N1CCN(C(=O)Nc2cccc3ccccc23)CC1. The van der Waals surface area contributed by atoms with E-state index in [0.29, 0.717) is 32.2 Å². The summed E-state index contributed by atoms with van der Waals surface area (Å²) in [5, 5.41) is 8.25. The van der Waals surface area contributed by atoms with Crippen molar-refractivity contribution in [2.45, 2.75) is 31.8 Å². The largest absolute Gasteiger partial charge is 0.352 e. The van der Waals surface area contributed by atoms with E-state index in [2.05, 4.69) is 15.5 Å². The number of urea groups is 1. The lowest BCUT2D eigenvalue weighted by Crippen LogP contribution is -2.55. The van der Waals surface area contributed by atoms with Crippen LogP contribution in [0.5, 0.6) is 0 Å². The van der Waals surface area contributed by atoms with Crippen molar-refractivity contribution in [2.24, 2.45) is 0 Å². The molecule has 0 spiro atoms. The van der Waals surface area contributed by atoms with Gasteiger partial charge in [0, 0.05) is 37.6 Å². The fourth-order valence-corrected chi connectivity index (χ4v) is 3.56. The molecule has 27 heavy (non-hydrogen) atoms. The first-order chi connectivity index (χ1) is 13.1. The van der Waals surface area contributed by atoms with Crippen molar-refractivity contribution in [2.75, 3.05) is 31.5 Å². The van der Waals surface area contributed by atoms with Crippen LogP contribution in [0.3, 0.4) is 0 Å². The Morgan fingerprint density at radius 1 is 1.00 bits per heavy atom. The van der Waals surface area contributed by atoms with Crippen molar-refractivity contribution >= 4 is 28.4 Å². The van der Waals surface area contributed by atoms with Gasteiger partial charge in [-0.2, -0.15) is 0 Å². The van der Waals surface area contributed by atoms with Gasteiger partial charge in [-0.05, 0) is 31.2 Å². The summed E-state index contributed by atoms with van der Waals surface area (Å²) in [7, 11) is 0. The smallest absolute Gasteiger partial charge is 0.321 e. The lowest BCUT2D eigenvalue weighted by molar-refractivity contribution is -0.126. The number of anilines is 1. The molecule has 2 N–H and O–H groups in total. The number of carbonyl (C=O) groups is 2. The predicted octanol–water partition coefficient (Wildman–Crippen LogP) is 2.66. The van der Waals surface area contributed by atoms with Gasteiger partial charge in [0.2, 0.25) is 5.91 Å². The van der Waals surface area contributed by atoms with Crippen LogP contribution in [0.25, 0.3) is 10.8 Å². The Labute approximate surface area is 159 Å². The maximum absolute atomic E-state index is 12.7. The van der Waals surface area contributed by atoms with Gasteiger partial charge >= 0.3 is 6.03 Å². The molecule has 0 aromatic heterocycles. The van der Waals surface area contributed by atoms with Crippen molar-refractivity contribution in [3.8, 4) is 0 Å². The quantitative estimate of drug-likeness (QED) is 0.874. The van der Waals surface area contributed by atoms with Crippen LogP contribution in [0.2, 0.25) is 0 Å². The third-order valence-corrected chi connectivity index (χ3v) is 5.48. The van der Waals surface area contributed by atoms with E-state index >= 15 is 0 Å². The molecule has 1 saturated heterocycles. The Bertz CT molecular complexity index is 836. The molecule has 2 aliphatic rings. The predicted molar refractivity (Wildman–Crippen MR) is 107 cm³/mol. The van der Waals surface area contributed by atoms with Gasteiger partial charge in [-0.3, -0.25) is 9.69 Å². The topological polar surface area (TPSA) is 64.7 Å². The van der Waals surface area contributed by atoms with Crippen molar-refractivity contribution in [1.82, 2.24) is 15.1 Å². The first kappa shape index (κ1) is 17.8. The summed E-state index contributed by atoms with van der Waals surface area (Å²) < 4.78 is 0. The van der Waals surface area contributed by atoms with Gasteiger partial charge in [0.1, 0.15) is 0 Å². The minimum absolute atomic E-state index is 0.0823. The molecule has 1 aliphatic carbocycles. The first-order valence-electron chi connectivity index (χ1n) is 9.70. The summed E-state index contributed by atoms with van der Waals surface area (Å²) in [5.74, 6) is 0.103. The second-order valence-electron chi connectivity index (χ2n) is 7.44. The first-order valence-corrected chi connectivity index (χ1v) is 9.70. The van der Waals surface area contributed by atoms with Crippen LogP contribution >= 0.6 is 0 Å². The Morgan fingerprint density at radius 3 is 2.44 bits per heavy atom. The number of hydrogen-bond acceptors (Lipinski definition) is 3. The van der Waals surface area contributed by atoms with Gasteiger partial charge in [0.15, 0.2) is 0 Å². The zero-order valence-electron chi connectivity index (χ0n) is 15.6. The van der Waals surface area contributed by atoms with Crippen LogP contribution in [0.15, 0.2) is 42.5 Å². The van der Waals surface area contributed by atoms with Crippen molar-refractivity contribution in [1.29, 1.82) is 0 Å². The molecule has 1 atom stereocenters. The number of benzene rings is 2. The van der Waals surface area contributed by atoms with E-state index in [0.717, 1.165) is 29.3 Å². The van der Waals surface area contributed by atoms with Crippen LogP contribution in [0.4, 0.5) is 10.5 Å². The lowest BCUT2D eigenvalue weighted by Gasteiger charge is -2.37. The monoisotopic (exact) mass is 366 g/mol. The summed E-state index contributed by atoms with van der Waals surface area (Å²) in [6.45, 7) is 4.61. The van der Waals surface area contributed by atoms with Crippen LogP contribution < -0.4 is 10.6 Å². The summed E-state index contributed by atoms with van der Waals surface area (Å²) >= 11 is 0. The number of carbonyl (C=O) groups excluding carboxylic acids is 2. The van der Waals surface area contributed by atoms with Crippen LogP contribution in [-0.2, 0) is 4.79 Å². The maximum Gasteiger partial charge on any atom is 0.321 e. The maximum atomic E-state index is 12.7. The molecule has 6 heteroatoms. The Morgan fingerprint density at radius 2 is 1.70 bits per heavy atom. The van der Waals surface area contributed by atoms with Crippen molar-refractivity contribution in [3.63, 3.8) is 0 Å². The molecular formula is C21H26N4O2. The fourth-order valence-electron chi connectivity index (χ4n) is 3.56. The summed E-state index contributed by atoms with van der Waals surface area (Å²) in [4.78, 5) is 28.9. The van der Waals surface area contributed by atoms with E-state index in [4.69, 9.17) is 0 Å². The Balaban J connectivity index is 1.33. The zero-order valence-corrected chi connectivity index (χ0v) is 15.6. The van der Waals surface area contributed by atoms with Crippen molar-refractivity contribution < 1.29 is 9.59 Å². The number of nitrogens with one attached hydrogen (secondary N) is 2. The minimum atomic E-state index is -0.145. The summed E-state index contributed by atoms with van der Waals surface area (Å²) in [5.41, 5.74) is 0.831. The molecular weight excluding hydrogens is 340 g/mol. The van der Waals surface area contributed by atoms with Crippen LogP contribution in [0, 0.1) is 0 Å². The Hall–Kier alpha value is -2.60. The highest BCUT2D eigenvalue weighted by atomic mass is 16.2. The third-order valence-electron chi connectivity index (χ3n) is 5.48. The average molecular weight is 366 g/mol. The van der Waals surface area contributed by atoms with Crippen molar-refractivity contribution in [3.05, 3.63) is 42.5 Å².